The summed E-state index contributed by atoms with van der Waals surface area (Å²) >= 11 is 0. The van der Waals surface area contributed by atoms with E-state index in [1.165, 1.54) is 4.90 Å². The monoisotopic (exact) mass is 354 g/mol. The number of rotatable bonds is 8. The zero-order valence-corrected chi connectivity index (χ0v) is 14.4. The third kappa shape index (κ3) is 5.73. The highest BCUT2D eigenvalue weighted by Gasteiger charge is 2.22. The van der Waals surface area contributed by atoms with Gasteiger partial charge < -0.3 is 10.8 Å². The zero-order valence-electron chi connectivity index (χ0n) is 14.4. The smallest absolute Gasteiger partial charge is 0.303 e. The predicted molar refractivity (Wildman–Crippen MR) is 98.5 cm³/mol. The lowest BCUT2D eigenvalue weighted by Gasteiger charge is -2.21. The van der Waals surface area contributed by atoms with Crippen LogP contribution in [0.4, 0.5) is 5.69 Å². The zero-order chi connectivity index (χ0) is 18.9. The Bertz CT molecular complexity index is 757. The largest absolute Gasteiger partial charge is 0.481 e. The van der Waals surface area contributed by atoms with E-state index >= 15 is 0 Å². The number of nitrogens with zero attached hydrogens (tertiary/aromatic N) is 1. The Hall–Kier alpha value is -3.15. The standard InChI is InChI=1S/C20H22N2O4/c21-17-11-9-16(10-12-17)20(26)22(18(23)7-4-8-19(24)25)14-13-15-5-2-1-3-6-15/h1-3,5-6,9-12H,4,7-8,13-14,21H2,(H,24,25). The minimum Gasteiger partial charge on any atom is -0.481 e. The average Bonchev–Trinajstić information content (AvgIpc) is 2.63. The number of carbonyl (C=O) groups is 3. The second kappa shape index (κ2) is 9.36. The minimum absolute atomic E-state index is 0.0157. The summed E-state index contributed by atoms with van der Waals surface area (Å²) in [6.07, 6.45) is 0.646. The van der Waals surface area contributed by atoms with E-state index in [9.17, 15) is 14.4 Å². The number of carbonyl (C=O) groups excluding carboxylic acids is 2. The SMILES string of the molecule is Nc1ccc(C(=O)N(CCc2ccccc2)C(=O)CCCC(=O)O)cc1. The van der Waals surface area contributed by atoms with E-state index in [1.807, 2.05) is 30.3 Å². The molecular formula is C20H22N2O4. The molecule has 2 aromatic carbocycles. The fraction of sp³-hybridized carbons (Fsp3) is 0.250. The van der Waals surface area contributed by atoms with Crippen LogP contribution in [0, 0.1) is 0 Å². The van der Waals surface area contributed by atoms with Gasteiger partial charge >= 0.3 is 5.97 Å². The van der Waals surface area contributed by atoms with Crippen LogP contribution >= 0.6 is 0 Å². The molecule has 0 saturated heterocycles. The number of benzene rings is 2. The fourth-order valence-electron chi connectivity index (χ4n) is 2.53. The van der Waals surface area contributed by atoms with Gasteiger partial charge in [0.25, 0.3) is 5.91 Å². The number of hydrogen-bond donors (Lipinski definition) is 2. The molecule has 6 nitrogen and oxygen atoms in total. The third-order valence-electron chi connectivity index (χ3n) is 3.95. The van der Waals surface area contributed by atoms with Gasteiger partial charge in [0.1, 0.15) is 0 Å². The van der Waals surface area contributed by atoms with Crippen LogP contribution in [-0.4, -0.2) is 34.3 Å². The van der Waals surface area contributed by atoms with Crippen LogP contribution < -0.4 is 5.73 Å². The third-order valence-corrected chi connectivity index (χ3v) is 3.95. The van der Waals surface area contributed by atoms with Gasteiger partial charge in [-0.1, -0.05) is 30.3 Å². The van der Waals surface area contributed by atoms with Gasteiger partial charge in [-0.25, -0.2) is 0 Å². The summed E-state index contributed by atoms with van der Waals surface area (Å²) in [4.78, 5) is 37.1. The first kappa shape index (κ1) is 19.2. The number of nitrogen functional groups attached to an aromatic ring is 1. The second-order valence-electron chi connectivity index (χ2n) is 5.96. The van der Waals surface area contributed by atoms with Gasteiger partial charge in [-0.15, -0.1) is 0 Å². The lowest BCUT2D eigenvalue weighted by Crippen LogP contribution is -2.38. The van der Waals surface area contributed by atoms with Crippen LogP contribution in [0.25, 0.3) is 0 Å². The van der Waals surface area contributed by atoms with Crippen LogP contribution in [0.5, 0.6) is 0 Å². The van der Waals surface area contributed by atoms with E-state index in [0.717, 1.165) is 5.56 Å². The van der Waals surface area contributed by atoms with Crippen LogP contribution in [0.1, 0.15) is 35.2 Å². The Morgan fingerprint density at radius 1 is 0.923 bits per heavy atom. The summed E-state index contributed by atoms with van der Waals surface area (Å²) in [7, 11) is 0. The lowest BCUT2D eigenvalue weighted by molar-refractivity contribution is -0.137. The van der Waals surface area contributed by atoms with E-state index in [2.05, 4.69) is 0 Å². The lowest BCUT2D eigenvalue weighted by atomic mass is 10.1. The first-order chi connectivity index (χ1) is 12.5. The molecule has 6 heteroatoms. The Morgan fingerprint density at radius 2 is 1.58 bits per heavy atom. The van der Waals surface area contributed by atoms with Gasteiger partial charge in [-0.05, 0) is 42.7 Å². The first-order valence-corrected chi connectivity index (χ1v) is 8.43. The topological polar surface area (TPSA) is 101 Å². The number of nitrogens with two attached hydrogens (primary N) is 1. The number of anilines is 1. The van der Waals surface area contributed by atoms with Crippen molar-refractivity contribution >= 4 is 23.5 Å². The number of carboxylic acid groups (broad SMARTS) is 1. The number of carboxylic acids is 1. The Balaban J connectivity index is 2.11. The molecule has 2 rings (SSSR count). The molecule has 0 fully saturated rings. The maximum Gasteiger partial charge on any atom is 0.303 e. The molecule has 0 saturated carbocycles. The molecule has 0 spiro atoms. The van der Waals surface area contributed by atoms with Crippen molar-refractivity contribution < 1.29 is 19.5 Å². The highest BCUT2D eigenvalue weighted by molar-refractivity contribution is 6.04. The normalized spacial score (nSPS) is 10.3. The van der Waals surface area contributed by atoms with Crippen molar-refractivity contribution in [3.05, 3.63) is 65.7 Å². The van der Waals surface area contributed by atoms with Gasteiger partial charge in [0.15, 0.2) is 0 Å². The van der Waals surface area contributed by atoms with Gasteiger partial charge in [-0.3, -0.25) is 19.3 Å². The van der Waals surface area contributed by atoms with E-state index in [0.29, 0.717) is 17.7 Å². The predicted octanol–water partition coefficient (Wildman–Crippen LogP) is 2.74. The molecule has 2 aromatic rings. The first-order valence-electron chi connectivity index (χ1n) is 8.43. The van der Waals surface area contributed by atoms with Crippen molar-refractivity contribution in [2.75, 3.05) is 12.3 Å². The van der Waals surface area contributed by atoms with Crippen molar-refractivity contribution in [3.8, 4) is 0 Å². The summed E-state index contributed by atoms with van der Waals surface area (Å²) in [5.41, 5.74) is 7.57. The molecule has 0 unspecified atom stereocenters. The molecule has 3 N–H and O–H groups in total. The highest BCUT2D eigenvalue weighted by atomic mass is 16.4. The number of hydrogen-bond acceptors (Lipinski definition) is 4. The van der Waals surface area contributed by atoms with Gasteiger partial charge in [0, 0.05) is 30.6 Å². The quantitative estimate of drug-likeness (QED) is 0.710. The molecule has 0 aliphatic rings. The van der Waals surface area contributed by atoms with Crippen LogP contribution in [0.3, 0.4) is 0 Å². The maximum atomic E-state index is 12.8. The van der Waals surface area contributed by atoms with E-state index in [-0.39, 0.29) is 31.7 Å². The summed E-state index contributed by atoms with van der Waals surface area (Å²) in [5.74, 6) is -1.73. The number of amides is 2. The fourth-order valence-corrected chi connectivity index (χ4v) is 2.53. The highest BCUT2D eigenvalue weighted by Crippen LogP contribution is 2.12. The second-order valence-corrected chi connectivity index (χ2v) is 5.96. The molecule has 2 amide bonds. The van der Waals surface area contributed by atoms with Crippen molar-refractivity contribution in [2.45, 2.75) is 25.7 Å². The molecule has 0 radical (unpaired) electrons. The molecule has 26 heavy (non-hydrogen) atoms. The van der Waals surface area contributed by atoms with Crippen LogP contribution in [0.15, 0.2) is 54.6 Å². The van der Waals surface area contributed by atoms with Gasteiger partial charge in [-0.2, -0.15) is 0 Å². The average molecular weight is 354 g/mol. The van der Waals surface area contributed by atoms with E-state index in [1.54, 1.807) is 24.3 Å². The molecule has 0 aromatic heterocycles. The molecule has 0 atom stereocenters. The molecule has 0 bridgehead atoms. The maximum absolute atomic E-state index is 12.8. The summed E-state index contributed by atoms with van der Waals surface area (Å²) in [6, 6.07) is 15.9. The van der Waals surface area contributed by atoms with Crippen LogP contribution in [-0.2, 0) is 16.0 Å². The Labute approximate surface area is 152 Å². The Morgan fingerprint density at radius 3 is 2.19 bits per heavy atom. The van der Waals surface area contributed by atoms with Crippen LogP contribution in [0.2, 0.25) is 0 Å². The molecule has 0 aliphatic heterocycles. The molecular weight excluding hydrogens is 332 g/mol. The van der Waals surface area contributed by atoms with Crippen molar-refractivity contribution in [2.24, 2.45) is 0 Å². The number of imide groups is 1. The molecule has 136 valence electrons. The van der Waals surface area contributed by atoms with Crippen molar-refractivity contribution in [1.82, 2.24) is 4.90 Å². The summed E-state index contributed by atoms with van der Waals surface area (Å²) in [5, 5.41) is 8.73. The van der Waals surface area contributed by atoms with Crippen molar-refractivity contribution in [3.63, 3.8) is 0 Å². The van der Waals surface area contributed by atoms with E-state index in [4.69, 9.17) is 10.8 Å². The summed E-state index contributed by atoms with van der Waals surface area (Å²) < 4.78 is 0. The molecule has 0 heterocycles. The number of aliphatic carboxylic acids is 1. The van der Waals surface area contributed by atoms with Gasteiger partial charge in [0.2, 0.25) is 5.91 Å². The van der Waals surface area contributed by atoms with Crippen molar-refractivity contribution in [1.29, 1.82) is 0 Å². The van der Waals surface area contributed by atoms with E-state index < -0.39 is 11.9 Å². The minimum atomic E-state index is -0.960. The Kier molecular flexibility index (Phi) is 6.91. The molecule has 0 aliphatic carbocycles. The van der Waals surface area contributed by atoms with Gasteiger partial charge in [0.05, 0.1) is 0 Å². The summed E-state index contributed by atoms with van der Waals surface area (Å²) in [6.45, 7) is 0.235.